The Morgan fingerprint density at radius 2 is 2.24 bits per heavy atom. The number of pyridine rings is 1. The predicted octanol–water partition coefficient (Wildman–Crippen LogP) is 1.25. The number of β-amino-alcohol motifs (C(OH)–C–C–N with tert-alkyl or cyclic N) is 1. The van der Waals surface area contributed by atoms with E-state index in [4.69, 9.17) is 0 Å². The molecule has 3 unspecified atom stereocenters. The highest BCUT2D eigenvalue weighted by Gasteiger charge is 2.31. The summed E-state index contributed by atoms with van der Waals surface area (Å²) < 4.78 is 0. The monoisotopic (exact) mass is 292 g/mol. The first kappa shape index (κ1) is 16.2. The fourth-order valence-electron chi connectivity index (χ4n) is 3.01. The maximum Gasteiger partial charge on any atom is 0.128 e. The summed E-state index contributed by atoms with van der Waals surface area (Å²) in [6, 6.07) is 4.86. The van der Waals surface area contributed by atoms with Gasteiger partial charge in [0.25, 0.3) is 0 Å². The molecule has 1 aliphatic rings. The van der Waals surface area contributed by atoms with Crippen LogP contribution in [0.2, 0.25) is 0 Å². The van der Waals surface area contributed by atoms with E-state index in [0.29, 0.717) is 18.6 Å². The van der Waals surface area contributed by atoms with Crippen molar-refractivity contribution in [2.75, 3.05) is 38.6 Å². The molecule has 21 heavy (non-hydrogen) atoms. The molecule has 0 bridgehead atoms. The van der Waals surface area contributed by atoms with Gasteiger partial charge in [-0.3, -0.25) is 0 Å². The number of hydrogen-bond acceptors (Lipinski definition) is 5. The van der Waals surface area contributed by atoms with Crippen LogP contribution in [0, 0.1) is 0 Å². The second-order valence-corrected chi connectivity index (χ2v) is 6.19. The molecule has 2 rings (SSSR count). The van der Waals surface area contributed by atoms with Gasteiger partial charge in [-0.25, -0.2) is 4.98 Å². The van der Waals surface area contributed by atoms with Gasteiger partial charge in [-0.15, -0.1) is 0 Å². The normalized spacial score (nSPS) is 23.8. The van der Waals surface area contributed by atoms with E-state index in [1.807, 2.05) is 6.20 Å². The lowest BCUT2D eigenvalue weighted by Crippen LogP contribution is -2.38. The van der Waals surface area contributed by atoms with Crippen molar-refractivity contribution in [3.05, 3.63) is 23.9 Å². The standard InChI is InChI=1S/C16H28N4O/c1-5-17-12(2)13-6-7-16(18-9-13)20-11-15(21)8-14(20)10-19(3)4/h6-7,9,12,14-15,17,21H,5,8,10-11H2,1-4H3. The van der Waals surface area contributed by atoms with E-state index in [1.54, 1.807) is 0 Å². The first-order valence-electron chi connectivity index (χ1n) is 7.80. The molecule has 3 atom stereocenters. The largest absolute Gasteiger partial charge is 0.391 e. The molecule has 1 aliphatic heterocycles. The molecule has 1 aromatic heterocycles. The number of nitrogens with zero attached hydrogens (tertiary/aromatic N) is 3. The zero-order valence-electron chi connectivity index (χ0n) is 13.6. The highest BCUT2D eigenvalue weighted by Crippen LogP contribution is 2.25. The molecule has 0 aromatic carbocycles. The van der Waals surface area contributed by atoms with E-state index in [0.717, 1.165) is 25.3 Å². The third-order valence-electron chi connectivity index (χ3n) is 4.04. The number of anilines is 1. The molecule has 0 saturated carbocycles. The smallest absolute Gasteiger partial charge is 0.128 e. The average Bonchev–Trinajstić information content (AvgIpc) is 2.79. The van der Waals surface area contributed by atoms with Crippen LogP contribution in [0.25, 0.3) is 0 Å². The Bertz CT molecular complexity index is 434. The molecule has 2 N–H and O–H groups in total. The summed E-state index contributed by atoms with van der Waals surface area (Å²) in [4.78, 5) is 9.00. The van der Waals surface area contributed by atoms with Crippen LogP contribution in [-0.4, -0.2) is 60.9 Å². The Kier molecular flexibility index (Phi) is 5.56. The van der Waals surface area contributed by atoms with Gasteiger partial charge in [0.1, 0.15) is 5.82 Å². The topological polar surface area (TPSA) is 51.6 Å². The number of nitrogens with one attached hydrogen (secondary N) is 1. The Labute approximate surface area is 128 Å². The molecule has 1 saturated heterocycles. The van der Waals surface area contributed by atoms with Gasteiger partial charge in [0.15, 0.2) is 0 Å². The van der Waals surface area contributed by atoms with Gasteiger partial charge in [0.2, 0.25) is 0 Å². The average molecular weight is 292 g/mol. The van der Waals surface area contributed by atoms with E-state index in [9.17, 15) is 5.11 Å². The van der Waals surface area contributed by atoms with Crippen molar-refractivity contribution >= 4 is 5.82 Å². The minimum Gasteiger partial charge on any atom is -0.391 e. The number of aromatic nitrogens is 1. The Morgan fingerprint density at radius 1 is 1.48 bits per heavy atom. The lowest BCUT2D eigenvalue weighted by molar-refractivity contribution is 0.191. The van der Waals surface area contributed by atoms with E-state index in [2.05, 4.69) is 60.2 Å². The van der Waals surface area contributed by atoms with Gasteiger partial charge in [0, 0.05) is 31.4 Å². The predicted molar refractivity (Wildman–Crippen MR) is 86.6 cm³/mol. The van der Waals surface area contributed by atoms with E-state index >= 15 is 0 Å². The number of aliphatic hydroxyl groups excluding tert-OH is 1. The number of aliphatic hydroxyl groups is 1. The minimum absolute atomic E-state index is 0.253. The van der Waals surface area contributed by atoms with Crippen molar-refractivity contribution in [2.45, 2.75) is 38.5 Å². The van der Waals surface area contributed by atoms with Gasteiger partial charge < -0.3 is 20.2 Å². The first-order chi connectivity index (χ1) is 10.0. The molecule has 5 nitrogen and oxygen atoms in total. The van der Waals surface area contributed by atoms with Crippen LogP contribution in [-0.2, 0) is 0 Å². The first-order valence-corrected chi connectivity index (χ1v) is 7.80. The number of hydrogen-bond donors (Lipinski definition) is 2. The van der Waals surface area contributed by atoms with Crippen molar-refractivity contribution < 1.29 is 5.11 Å². The van der Waals surface area contributed by atoms with Gasteiger partial charge in [-0.1, -0.05) is 13.0 Å². The van der Waals surface area contributed by atoms with Crippen LogP contribution in [0.5, 0.6) is 0 Å². The summed E-state index contributed by atoms with van der Waals surface area (Å²) in [6.45, 7) is 6.82. The molecule has 1 fully saturated rings. The van der Waals surface area contributed by atoms with Crippen molar-refractivity contribution in [2.24, 2.45) is 0 Å². The lowest BCUT2D eigenvalue weighted by Gasteiger charge is -2.28. The van der Waals surface area contributed by atoms with Gasteiger partial charge in [-0.05, 0) is 45.6 Å². The summed E-state index contributed by atoms with van der Waals surface area (Å²) in [5.41, 5.74) is 1.20. The second-order valence-electron chi connectivity index (χ2n) is 6.19. The van der Waals surface area contributed by atoms with Crippen LogP contribution in [0.1, 0.15) is 31.9 Å². The van der Waals surface area contributed by atoms with Crippen LogP contribution >= 0.6 is 0 Å². The Hall–Kier alpha value is -1.17. The maximum atomic E-state index is 9.96. The van der Waals surface area contributed by atoms with E-state index in [-0.39, 0.29) is 6.10 Å². The third-order valence-corrected chi connectivity index (χ3v) is 4.04. The molecule has 0 spiro atoms. The lowest BCUT2D eigenvalue weighted by atomic mass is 10.1. The SMILES string of the molecule is CCNC(C)c1ccc(N2CC(O)CC2CN(C)C)nc1. The van der Waals surface area contributed by atoms with Gasteiger partial charge in [-0.2, -0.15) is 0 Å². The van der Waals surface area contributed by atoms with Crippen LogP contribution in [0.3, 0.4) is 0 Å². The van der Waals surface area contributed by atoms with Gasteiger partial charge >= 0.3 is 0 Å². The molecule has 0 aliphatic carbocycles. The summed E-state index contributed by atoms with van der Waals surface area (Å²) in [7, 11) is 4.13. The van der Waals surface area contributed by atoms with Crippen molar-refractivity contribution in [1.82, 2.24) is 15.2 Å². The Morgan fingerprint density at radius 3 is 2.81 bits per heavy atom. The highest BCUT2D eigenvalue weighted by molar-refractivity contribution is 5.43. The van der Waals surface area contributed by atoms with E-state index in [1.165, 1.54) is 5.56 Å². The van der Waals surface area contributed by atoms with Crippen molar-refractivity contribution in [3.8, 4) is 0 Å². The molecular formula is C16H28N4O. The van der Waals surface area contributed by atoms with Crippen molar-refractivity contribution in [1.29, 1.82) is 0 Å². The summed E-state index contributed by atoms with van der Waals surface area (Å²) in [6.07, 6.45) is 2.51. The van der Waals surface area contributed by atoms with Crippen LogP contribution in [0.4, 0.5) is 5.82 Å². The molecular weight excluding hydrogens is 264 g/mol. The molecule has 2 heterocycles. The third kappa shape index (κ3) is 4.15. The molecule has 5 heteroatoms. The summed E-state index contributed by atoms with van der Waals surface area (Å²) >= 11 is 0. The van der Waals surface area contributed by atoms with E-state index < -0.39 is 0 Å². The minimum atomic E-state index is -0.253. The molecule has 0 amide bonds. The fraction of sp³-hybridized carbons (Fsp3) is 0.688. The fourth-order valence-corrected chi connectivity index (χ4v) is 3.01. The second kappa shape index (κ2) is 7.20. The van der Waals surface area contributed by atoms with Crippen LogP contribution < -0.4 is 10.2 Å². The zero-order chi connectivity index (χ0) is 15.4. The zero-order valence-corrected chi connectivity index (χ0v) is 13.6. The summed E-state index contributed by atoms with van der Waals surface area (Å²) in [5, 5.41) is 13.4. The quantitative estimate of drug-likeness (QED) is 0.826. The van der Waals surface area contributed by atoms with Crippen molar-refractivity contribution in [3.63, 3.8) is 0 Å². The maximum absolute atomic E-state index is 9.96. The highest BCUT2D eigenvalue weighted by atomic mass is 16.3. The number of likely N-dealkylation sites (N-methyl/N-ethyl adjacent to an activating group) is 1. The molecule has 118 valence electrons. The molecule has 0 radical (unpaired) electrons. The Balaban J connectivity index is 2.09. The molecule has 1 aromatic rings. The summed E-state index contributed by atoms with van der Waals surface area (Å²) in [5.74, 6) is 0.964. The van der Waals surface area contributed by atoms with Crippen LogP contribution in [0.15, 0.2) is 18.3 Å². The number of rotatable bonds is 6. The van der Waals surface area contributed by atoms with Gasteiger partial charge in [0.05, 0.1) is 6.10 Å².